The smallest absolute Gasteiger partial charge is 0.270 e. The van der Waals surface area contributed by atoms with Gasteiger partial charge in [0.2, 0.25) is 0 Å². The fourth-order valence-corrected chi connectivity index (χ4v) is 6.82. The van der Waals surface area contributed by atoms with E-state index in [1.165, 1.54) is 0 Å². The van der Waals surface area contributed by atoms with Crippen LogP contribution in [0.1, 0.15) is 26.7 Å². The fraction of sp³-hybridized carbons (Fsp3) is 0.727. The summed E-state index contributed by atoms with van der Waals surface area (Å²) in [5, 5.41) is 3.05. The van der Waals surface area contributed by atoms with Crippen molar-refractivity contribution in [2.45, 2.75) is 26.7 Å². The van der Waals surface area contributed by atoms with Gasteiger partial charge in [-0.1, -0.05) is 30.1 Å². The molecule has 0 saturated heterocycles. The zero-order valence-corrected chi connectivity index (χ0v) is 15.0. The first kappa shape index (κ1) is 16.6. The minimum absolute atomic E-state index is 0.569. The van der Waals surface area contributed by atoms with E-state index in [0.29, 0.717) is 6.61 Å². The summed E-state index contributed by atoms with van der Waals surface area (Å²) in [4.78, 5) is 6.61. The van der Waals surface area contributed by atoms with E-state index in [4.69, 9.17) is 21.0 Å². The maximum absolute atomic E-state index is 5.74. The predicted octanol–water partition coefficient (Wildman–Crippen LogP) is 3.52. The van der Waals surface area contributed by atoms with Crippen LogP contribution in [-0.2, 0) is 21.0 Å². The van der Waals surface area contributed by atoms with Crippen LogP contribution in [0.25, 0.3) is 0 Å². The lowest BCUT2D eigenvalue weighted by atomic mass is 10.3. The van der Waals surface area contributed by atoms with Crippen LogP contribution in [0, 0.1) is 0 Å². The first-order valence-corrected chi connectivity index (χ1v) is 11.8. The molecule has 114 valence electrons. The van der Waals surface area contributed by atoms with Crippen molar-refractivity contribution in [3.63, 3.8) is 0 Å². The Balaban J connectivity index is 1.91. The largest absolute Gasteiger partial charge is 0.321 e. The lowest BCUT2D eigenvalue weighted by Crippen LogP contribution is -2.35. The van der Waals surface area contributed by atoms with Gasteiger partial charge in [0.25, 0.3) is 5.69 Å². The Bertz CT molecular complexity index is 445. The first-order chi connectivity index (χ1) is 9.68. The van der Waals surface area contributed by atoms with Gasteiger partial charge < -0.3 is 9.42 Å². The summed E-state index contributed by atoms with van der Waals surface area (Å²) in [7, 11) is 0. The quantitative estimate of drug-likeness (QED) is 0.529. The van der Waals surface area contributed by atoms with Gasteiger partial charge in [-0.3, -0.25) is 4.99 Å². The van der Waals surface area contributed by atoms with Crippen molar-refractivity contribution in [1.29, 1.82) is 0 Å². The third kappa shape index (κ3) is 4.39. The summed E-state index contributed by atoms with van der Waals surface area (Å²) in [6, 6.07) is 0. The lowest BCUT2D eigenvalue weighted by molar-refractivity contribution is 0.186. The van der Waals surface area contributed by atoms with Crippen LogP contribution in [0.3, 0.4) is 0 Å². The summed E-state index contributed by atoms with van der Waals surface area (Å²) in [5.74, 6) is 1.86. The van der Waals surface area contributed by atoms with E-state index in [2.05, 4.69) is 22.3 Å². The molecule has 0 aromatic rings. The molecule has 5 nitrogen and oxygen atoms in total. The van der Waals surface area contributed by atoms with Gasteiger partial charge >= 0.3 is 0 Å². The molecule has 0 aromatic heterocycles. The lowest BCUT2D eigenvalue weighted by Gasteiger charge is -2.27. The molecule has 9 heteroatoms. The van der Waals surface area contributed by atoms with Crippen LogP contribution in [0.15, 0.2) is 16.2 Å². The molecule has 0 saturated carbocycles. The van der Waals surface area contributed by atoms with Crippen LogP contribution in [-0.4, -0.2) is 35.5 Å². The predicted molar refractivity (Wildman–Crippen MR) is 92.2 cm³/mol. The molecule has 2 aliphatic rings. The summed E-state index contributed by atoms with van der Waals surface area (Å²) in [6.45, 7) is 6.51. The number of hydrogen-bond acceptors (Lipinski definition) is 8. The van der Waals surface area contributed by atoms with Crippen molar-refractivity contribution in [1.82, 2.24) is 10.4 Å². The third-order valence-electron chi connectivity index (χ3n) is 2.59. The van der Waals surface area contributed by atoms with Crippen molar-refractivity contribution in [3.8, 4) is 0 Å². The van der Waals surface area contributed by atoms with E-state index >= 15 is 0 Å². The molecule has 20 heavy (non-hydrogen) atoms. The normalized spacial score (nSPS) is 21.0. The third-order valence-corrected chi connectivity index (χ3v) is 8.81. The van der Waals surface area contributed by atoms with Gasteiger partial charge in [-0.15, -0.1) is 0 Å². The highest BCUT2D eigenvalue weighted by atomic mass is 32.9. The maximum Gasteiger partial charge on any atom is 0.270 e. The van der Waals surface area contributed by atoms with Gasteiger partial charge in [0.1, 0.15) is 5.82 Å². The number of aliphatic imine (C=N–C) groups is 1. The molecule has 2 rings (SSSR count). The highest BCUT2D eigenvalue weighted by Crippen LogP contribution is 2.60. The zero-order valence-electron chi connectivity index (χ0n) is 11.7. The number of rotatable bonds is 8. The number of amidine groups is 1. The van der Waals surface area contributed by atoms with Crippen LogP contribution >= 0.6 is 28.8 Å². The van der Waals surface area contributed by atoms with Gasteiger partial charge in [-0.05, 0) is 31.6 Å². The van der Waals surface area contributed by atoms with E-state index in [1.807, 2.05) is 12.3 Å². The highest BCUT2D eigenvalue weighted by Gasteiger charge is 2.27. The van der Waals surface area contributed by atoms with Gasteiger partial charge in [0, 0.05) is 24.3 Å². The van der Waals surface area contributed by atoms with Gasteiger partial charge in [-0.2, -0.15) is 0 Å². The van der Waals surface area contributed by atoms with Crippen molar-refractivity contribution in [3.05, 3.63) is 11.2 Å². The zero-order chi connectivity index (χ0) is 14.4. The Morgan fingerprint density at radius 1 is 1.60 bits per heavy atom. The van der Waals surface area contributed by atoms with Crippen LogP contribution < -0.4 is 5.48 Å². The van der Waals surface area contributed by atoms with E-state index in [0.717, 1.165) is 42.7 Å². The monoisotopic (exact) mass is 353 g/mol. The molecule has 1 atom stereocenters. The number of thioether (sulfide) groups is 1. The fourth-order valence-electron chi connectivity index (χ4n) is 1.71. The van der Waals surface area contributed by atoms with E-state index in [-0.39, 0.29) is 0 Å². The van der Waals surface area contributed by atoms with Crippen LogP contribution in [0.5, 0.6) is 0 Å². The van der Waals surface area contributed by atoms with Gasteiger partial charge in [-0.25, -0.2) is 10.1 Å². The highest BCUT2D eigenvalue weighted by molar-refractivity contribution is 8.67. The molecule has 2 aliphatic heterocycles. The Morgan fingerprint density at radius 2 is 2.45 bits per heavy atom. The van der Waals surface area contributed by atoms with E-state index in [1.54, 1.807) is 23.1 Å². The average molecular weight is 353 g/mol. The molecule has 0 bridgehead atoms. The Morgan fingerprint density at radius 3 is 3.20 bits per heavy atom. The molecular formula is C11H20N3O2PS3. The second-order valence-corrected chi connectivity index (χ2v) is 11.4. The Kier molecular flexibility index (Phi) is 6.71. The number of hydrogen-bond donors (Lipinski definition) is 1. The molecule has 0 amide bonds. The molecule has 0 radical (unpaired) electrons. The minimum atomic E-state index is -2.31. The Labute approximate surface area is 133 Å². The Hall–Kier alpha value is 0.280. The standard InChI is InChI=1S/C11H20N3O2PS3/c1-3-8-20-17(18,15-4-2)16-13-10-9-19-11-12-6-5-7-14(10)11/h9,13H,3-8H2,1-2H3. The molecule has 0 spiro atoms. The SMILES string of the molecule is CCCSP(=S)(OCC)ONC1=CSC2=NCCCN12. The summed E-state index contributed by atoms with van der Waals surface area (Å²) in [6.07, 6.45) is 2.12. The maximum atomic E-state index is 5.74. The molecular weight excluding hydrogens is 333 g/mol. The molecule has 0 aliphatic carbocycles. The molecule has 0 aromatic carbocycles. The van der Waals surface area contributed by atoms with E-state index < -0.39 is 5.69 Å². The number of hydroxylamine groups is 1. The van der Waals surface area contributed by atoms with Crippen molar-refractivity contribution >= 4 is 45.8 Å². The average Bonchev–Trinajstić information content (AvgIpc) is 2.87. The minimum Gasteiger partial charge on any atom is -0.321 e. The van der Waals surface area contributed by atoms with Crippen LogP contribution in [0.2, 0.25) is 0 Å². The van der Waals surface area contributed by atoms with Crippen molar-refractivity contribution in [2.75, 3.05) is 25.4 Å². The molecule has 1 N–H and O–H groups in total. The van der Waals surface area contributed by atoms with Crippen LogP contribution in [0.4, 0.5) is 0 Å². The number of fused-ring (bicyclic) bond motifs is 1. The summed E-state index contributed by atoms with van der Waals surface area (Å²) >= 11 is 8.75. The topological polar surface area (TPSA) is 46.1 Å². The van der Waals surface area contributed by atoms with Gasteiger partial charge in [0.05, 0.1) is 6.61 Å². The number of nitrogens with zero attached hydrogens (tertiary/aromatic N) is 2. The molecule has 0 fully saturated rings. The second-order valence-electron chi connectivity index (χ2n) is 4.18. The molecule has 2 heterocycles. The van der Waals surface area contributed by atoms with E-state index in [9.17, 15) is 0 Å². The first-order valence-electron chi connectivity index (χ1n) is 6.71. The van der Waals surface area contributed by atoms with Crippen molar-refractivity contribution in [2.24, 2.45) is 4.99 Å². The summed E-state index contributed by atoms with van der Waals surface area (Å²) in [5.41, 5.74) is 0.687. The van der Waals surface area contributed by atoms with Gasteiger partial charge in [0.15, 0.2) is 5.17 Å². The van der Waals surface area contributed by atoms with Crippen molar-refractivity contribution < 1.29 is 9.15 Å². The summed E-state index contributed by atoms with van der Waals surface area (Å²) < 4.78 is 11.4. The second kappa shape index (κ2) is 8.06. The molecule has 1 unspecified atom stereocenters. The number of nitrogens with one attached hydrogen (secondary N) is 1.